The number of nitrogens with two attached hydrogens (primary N) is 1. The van der Waals surface area contributed by atoms with Crippen LogP contribution in [0.25, 0.3) is 0 Å². The highest BCUT2D eigenvalue weighted by atomic mass is 32.1. The van der Waals surface area contributed by atoms with Crippen molar-refractivity contribution in [1.82, 2.24) is 5.43 Å². The highest BCUT2D eigenvalue weighted by Gasteiger charge is 1.95. The molecular formula is C7H16N2S. The quantitative estimate of drug-likeness (QED) is 0.373. The molecule has 3 N–H and O–H groups in total. The zero-order valence-corrected chi connectivity index (χ0v) is 7.50. The highest BCUT2D eigenvalue weighted by Crippen LogP contribution is 2.05. The molecule has 0 aromatic heterocycles. The SMILES string of the molecule is CC(C)CCCC(=S)NN. The van der Waals surface area contributed by atoms with Crippen LogP contribution in [0, 0.1) is 5.92 Å². The fourth-order valence-corrected chi connectivity index (χ4v) is 0.887. The van der Waals surface area contributed by atoms with E-state index in [2.05, 4.69) is 19.3 Å². The Morgan fingerprint density at radius 1 is 1.60 bits per heavy atom. The van der Waals surface area contributed by atoms with Gasteiger partial charge in [0.05, 0.1) is 4.99 Å². The molecule has 2 nitrogen and oxygen atoms in total. The smallest absolute Gasteiger partial charge is 0.0893 e. The van der Waals surface area contributed by atoms with Crippen LogP contribution in [0.15, 0.2) is 0 Å². The zero-order valence-electron chi connectivity index (χ0n) is 6.68. The molecule has 60 valence electrons. The van der Waals surface area contributed by atoms with Crippen LogP contribution in [0.5, 0.6) is 0 Å². The highest BCUT2D eigenvalue weighted by molar-refractivity contribution is 7.80. The molecule has 0 aliphatic rings. The van der Waals surface area contributed by atoms with Crippen LogP contribution in [0.3, 0.4) is 0 Å². The predicted molar refractivity (Wildman–Crippen MR) is 48.6 cm³/mol. The lowest BCUT2D eigenvalue weighted by atomic mass is 10.1. The van der Waals surface area contributed by atoms with Gasteiger partial charge in [0, 0.05) is 0 Å². The van der Waals surface area contributed by atoms with Gasteiger partial charge in [0.1, 0.15) is 0 Å². The van der Waals surface area contributed by atoms with E-state index in [1.807, 2.05) is 0 Å². The molecule has 10 heavy (non-hydrogen) atoms. The summed E-state index contributed by atoms with van der Waals surface area (Å²) in [5, 5.41) is 0. The zero-order chi connectivity index (χ0) is 7.98. The van der Waals surface area contributed by atoms with Crippen molar-refractivity contribution in [3.8, 4) is 0 Å². The second kappa shape index (κ2) is 5.62. The standard InChI is InChI=1S/C7H16N2S/c1-6(2)4-3-5-7(10)9-8/h6H,3-5,8H2,1-2H3,(H,9,10). The van der Waals surface area contributed by atoms with Crippen LogP contribution in [-0.2, 0) is 0 Å². The molecule has 0 aromatic rings. The maximum atomic E-state index is 5.10. The van der Waals surface area contributed by atoms with Gasteiger partial charge in [0.15, 0.2) is 0 Å². The summed E-state index contributed by atoms with van der Waals surface area (Å²) in [5.74, 6) is 5.86. The normalized spacial score (nSPS) is 10.0. The second-order valence-corrected chi connectivity index (χ2v) is 3.35. The van der Waals surface area contributed by atoms with Crippen LogP contribution in [0.2, 0.25) is 0 Å². The Morgan fingerprint density at radius 2 is 2.20 bits per heavy atom. The predicted octanol–water partition coefficient (Wildman–Crippen LogP) is 1.60. The molecule has 3 heteroatoms. The average molecular weight is 160 g/mol. The van der Waals surface area contributed by atoms with Gasteiger partial charge in [0.2, 0.25) is 0 Å². The summed E-state index contributed by atoms with van der Waals surface area (Å²) in [7, 11) is 0. The van der Waals surface area contributed by atoms with E-state index in [0.717, 1.165) is 23.7 Å². The molecule has 0 heterocycles. The van der Waals surface area contributed by atoms with Crippen LogP contribution in [-0.4, -0.2) is 4.99 Å². The number of hydrogen-bond donors (Lipinski definition) is 2. The summed E-state index contributed by atoms with van der Waals surface area (Å²) < 4.78 is 0. The van der Waals surface area contributed by atoms with E-state index in [1.54, 1.807) is 0 Å². The molecular weight excluding hydrogens is 144 g/mol. The fourth-order valence-electron chi connectivity index (χ4n) is 0.743. The van der Waals surface area contributed by atoms with Gasteiger partial charge in [-0.3, -0.25) is 5.84 Å². The van der Waals surface area contributed by atoms with Crippen molar-refractivity contribution in [1.29, 1.82) is 0 Å². The third-order valence-electron chi connectivity index (χ3n) is 1.35. The summed E-state index contributed by atoms with van der Waals surface area (Å²) in [6.07, 6.45) is 3.28. The van der Waals surface area contributed by atoms with E-state index in [-0.39, 0.29) is 0 Å². The molecule has 0 aromatic carbocycles. The minimum Gasteiger partial charge on any atom is -0.318 e. The van der Waals surface area contributed by atoms with Gasteiger partial charge in [-0.15, -0.1) is 0 Å². The first-order valence-electron chi connectivity index (χ1n) is 3.66. The number of hydrazine groups is 1. The van der Waals surface area contributed by atoms with Crippen molar-refractivity contribution in [2.75, 3.05) is 0 Å². The van der Waals surface area contributed by atoms with Gasteiger partial charge in [-0.25, -0.2) is 0 Å². The van der Waals surface area contributed by atoms with Crippen molar-refractivity contribution >= 4 is 17.2 Å². The van der Waals surface area contributed by atoms with Crippen molar-refractivity contribution in [2.24, 2.45) is 11.8 Å². The number of hydrogen-bond acceptors (Lipinski definition) is 2. The van der Waals surface area contributed by atoms with Crippen LogP contribution >= 0.6 is 12.2 Å². The van der Waals surface area contributed by atoms with E-state index in [9.17, 15) is 0 Å². The van der Waals surface area contributed by atoms with Crippen molar-refractivity contribution in [3.05, 3.63) is 0 Å². The van der Waals surface area contributed by atoms with Crippen LogP contribution in [0.1, 0.15) is 33.1 Å². The lowest BCUT2D eigenvalue weighted by Gasteiger charge is -2.04. The van der Waals surface area contributed by atoms with E-state index in [1.165, 1.54) is 6.42 Å². The Labute approximate surface area is 68.1 Å². The topological polar surface area (TPSA) is 38.0 Å². The average Bonchev–Trinajstić information content (AvgIpc) is 1.87. The summed E-state index contributed by atoms with van der Waals surface area (Å²) in [5.41, 5.74) is 2.47. The number of rotatable bonds is 4. The molecule has 0 amide bonds. The Kier molecular flexibility index (Phi) is 5.54. The molecule has 0 radical (unpaired) electrons. The van der Waals surface area contributed by atoms with E-state index in [0.29, 0.717) is 0 Å². The molecule has 0 aliphatic carbocycles. The lowest BCUT2D eigenvalue weighted by Crippen LogP contribution is -2.28. The van der Waals surface area contributed by atoms with Gasteiger partial charge in [-0.2, -0.15) is 0 Å². The van der Waals surface area contributed by atoms with E-state index < -0.39 is 0 Å². The molecule has 0 rings (SSSR count). The van der Waals surface area contributed by atoms with Gasteiger partial charge >= 0.3 is 0 Å². The van der Waals surface area contributed by atoms with Crippen LogP contribution in [0.4, 0.5) is 0 Å². The number of thiocarbonyl (C=S) groups is 1. The monoisotopic (exact) mass is 160 g/mol. The summed E-state index contributed by atoms with van der Waals surface area (Å²) in [4.78, 5) is 0.764. The van der Waals surface area contributed by atoms with Crippen molar-refractivity contribution in [2.45, 2.75) is 33.1 Å². The van der Waals surface area contributed by atoms with E-state index >= 15 is 0 Å². The molecule has 0 unspecified atom stereocenters. The fraction of sp³-hybridized carbons (Fsp3) is 0.857. The molecule has 0 aliphatic heterocycles. The molecule has 0 saturated heterocycles. The van der Waals surface area contributed by atoms with Gasteiger partial charge in [-0.05, 0) is 18.8 Å². The Bertz CT molecular complexity index is 102. The summed E-state index contributed by atoms with van der Waals surface area (Å²) >= 11 is 4.87. The van der Waals surface area contributed by atoms with Crippen molar-refractivity contribution in [3.63, 3.8) is 0 Å². The minimum atomic E-state index is 0.764. The third kappa shape index (κ3) is 5.98. The molecule has 0 bridgehead atoms. The summed E-state index contributed by atoms with van der Waals surface area (Å²) in [6, 6.07) is 0. The summed E-state index contributed by atoms with van der Waals surface area (Å²) in [6.45, 7) is 4.41. The molecule has 0 saturated carbocycles. The molecule has 0 fully saturated rings. The van der Waals surface area contributed by atoms with Crippen LogP contribution < -0.4 is 11.3 Å². The second-order valence-electron chi connectivity index (χ2n) is 2.85. The Morgan fingerprint density at radius 3 is 2.60 bits per heavy atom. The Balaban J connectivity index is 3.12. The molecule has 0 atom stereocenters. The minimum absolute atomic E-state index is 0.764. The first kappa shape index (κ1) is 9.85. The largest absolute Gasteiger partial charge is 0.318 e. The maximum Gasteiger partial charge on any atom is 0.0893 e. The van der Waals surface area contributed by atoms with Crippen molar-refractivity contribution < 1.29 is 0 Å². The van der Waals surface area contributed by atoms with E-state index in [4.69, 9.17) is 18.1 Å². The maximum absolute atomic E-state index is 5.10. The number of nitrogens with one attached hydrogen (secondary N) is 1. The Hall–Kier alpha value is -0.150. The third-order valence-corrected chi connectivity index (χ3v) is 1.67. The van der Waals surface area contributed by atoms with Gasteiger partial charge in [0.25, 0.3) is 0 Å². The van der Waals surface area contributed by atoms with Gasteiger partial charge in [-0.1, -0.05) is 32.5 Å². The van der Waals surface area contributed by atoms with Gasteiger partial charge < -0.3 is 5.43 Å². The first-order chi connectivity index (χ1) is 4.66. The molecule has 0 spiro atoms. The first-order valence-corrected chi connectivity index (χ1v) is 4.07. The lowest BCUT2D eigenvalue weighted by molar-refractivity contribution is 0.563.